The highest BCUT2D eigenvalue weighted by molar-refractivity contribution is 6.08. The SMILES string of the molecule is Fc1ccc(N(c2ccc(F)cc2)c2ccc(-c3ccc4[nH]c5ccccc5c4c3)cc2)cc1. The van der Waals surface area contributed by atoms with Crippen molar-refractivity contribution in [3.63, 3.8) is 0 Å². The summed E-state index contributed by atoms with van der Waals surface area (Å²) >= 11 is 0. The fraction of sp³-hybridized carbons (Fsp3) is 0. The van der Waals surface area contributed by atoms with Crippen molar-refractivity contribution >= 4 is 38.9 Å². The molecule has 0 amide bonds. The molecule has 0 bridgehead atoms. The van der Waals surface area contributed by atoms with E-state index in [2.05, 4.69) is 53.5 Å². The Bertz CT molecular complexity index is 1550. The molecule has 0 aliphatic rings. The number of hydrogen-bond donors (Lipinski definition) is 1. The Morgan fingerprint density at radius 1 is 0.471 bits per heavy atom. The standard InChI is InChI=1S/C30H20F2N2/c31-22-8-14-25(15-9-22)34(26-16-10-23(32)11-17-26)24-12-5-20(6-13-24)21-7-18-30-28(19-21)27-3-1-2-4-29(27)33-30/h1-19,33H. The number of para-hydroxylation sites is 1. The molecule has 2 nitrogen and oxygen atoms in total. The van der Waals surface area contributed by atoms with Gasteiger partial charge in [-0.3, -0.25) is 0 Å². The van der Waals surface area contributed by atoms with E-state index in [0.717, 1.165) is 39.2 Å². The number of rotatable bonds is 4. The first kappa shape index (κ1) is 20.2. The monoisotopic (exact) mass is 446 g/mol. The van der Waals surface area contributed by atoms with Crippen LogP contribution in [0.4, 0.5) is 25.8 Å². The Kier molecular flexibility index (Phi) is 4.84. The average molecular weight is 447 g/mol. The lowest BCUT2D eigenvalue weighted by Crippen LogP contribution is -2.09. The molecule has 0 aliphatic heterocycles. The molecule has 6 rings (SSSR count). The lowest BCUT2D eigenvalue weighted by atomic mass is 10.0. The fourth-order valence-corrected chi connectivity index (χ4v) is 4.46. The van der Waals surface area contributed by atoms with Crippen molar-refractivity contribution in [2.45, 2.75) is 0 Å². The number of nitrogens with one attached hydrogen (secondary N) is 1. The van der Waals surface area contributed by atoms with Gasteiger partial charge < -0.3 is 9.88 Å². The first-order valence-corrected chi connectivity index (χ1v) is 11.1. The van der Waals surface area contributed by atoms with Crippen LogP contribution in [0.3, 0.4) is 0 Å². The van der Waals surface area contributed by atoms with Crippen LogP contribution in [-0.2, 0) is 0 Å². The molecule has 0 saturated carbocycles. The second kappa shape index (κ2) is 8.16. The maximum atomic E-state index is 13.6. The van der Waals surface area contributed by atoms with Crippen molar-refractivity contribution in [3.05, 3.63) is 127 Å². The molecule has 0 fully saturated rings. The number of hydrogen-bond acceptors (Lipinski definition) is 1. The molecule has 34 heavy (non-hydrogen) atoms. The summed E-state index contributed by atoms with van der Waals surface area (Å²) in [6.45, 7) is 0. The lowest BCUT2D eigenvalue weighted by molar-refractivity contribution is 0.628. The summed E-state index contributed by atoms with van der Waals surface area (Å²) in [5.74, 6) is -0.600. The van der Waals surface area contributed by atoms with Gasteiger partial charge in [-0.05, 0) is 90.0 Å². The summed E-state index contributed by atoms with van der Waals surface area (Å²) < 4.78 is 27.1. The molecule has 5 aromatic carbocycles. The van der Waals surface area contributed by atoms with Crippen molar-refractivity contribution in [2.24, 2.45) is 0 Å². The number of anilines is 3. The van der Waals surface area contributed by atoms with Crippen molar-refractivity contribution in [3.8, 4) is 11.1 Å². The minimum Gasteiger partial charge on any atom is -0.355 e. The quantitative estimate of drug-likeness (QED) is 0.287. The van der Waals surface area contributed by atoms with Crippen LogP contribution >= 0.6 is 0 Å². The highest BCUT2D eigenvalue weighted by Crippen LogP contribution is 2.36. The molecule has 4 heteroatoms. The maximum absolute atomic E-state index is 13.6. The summed E-state index contributed by atoms with van der Waals surface area (Å²) in [6.07, 6.45) is 0. The van der Waals surface area contributed by atoms with Crippen molar-refractivity contribution < 1.29 is 8.78 Å². The first-order chi connectivity index (χ1) is 16.7. The zero-order valence-corrected chi connectivity index (χ0v) is 18.2. The lowest BCUT2D eigenvalue weighted by Gasteiger charge is -2.25. The van der Waals surface area contributed by atoms with Gasteiger partial charge in [-0.2, -0.15) is 0 Å². The van der Waals surface area contributed by atoms with Crippen LogP contribution in [0, 0.1) is 11.6 Å². The van der Waals surface area contributed by atoms with Gasteiger partial charge in [0.25, 0.3) is 0 Å². The highest BCUT2D eigenvalue weighted by atomic mass is 19.1. The number of H-pyrrole nitrogens is 1. The molecule has 1 aromatic heterocycles. The van der Waals surface area contributed by atoms with Gasteiger partial charge in [-0.15, -0.1) is 0 Å². The Morgan fingerprint density at radius 3 is 1.59 bits per heavy atom. The van der Waals surface area contributed by atoms with Crippen LogP contribution in [0.15, 0.2) is 115 Å². The average Bonchev–Trinajstić information content (AvgIpc) is 3.25. The normalized spacial score (nSPS) is 11.2. The van der Waals surface area contributed by atoms with Gasteiger partial charge >= 0.3 is 0 Å². The topological polar surface area (TPSA) is 19.0 Å². The Labute approximate surface area is 195 Å². The second-order valence-corrected chi connectivity index (χ2v) is 8.27. The Morgan fingerprint density at radius 2 is 0.971 bits per heavy atom. The van der Waals surface area contributed by atoms with E-state index in [1.165, 1.54) is 35.0 Å². The van der Waals surface area contributed by atoms with Gasteiger partial charge in [0.15, 0.2) is 0 Å². The summed E-state index contributed by atoms with van der Waals surface area (Å²) in [7, 11) is 0. The van der Waals surface area contributed by atoms with Gasteiger partial charge in [0.2, 0.25) is 0 Å². The van der Waals surface area contributed by atoms with Gasteiger partial charge in [0.05, 0.1) is 0 Å². The number of nitrogens with zero attached hydrogens (tertiary/aromatic N) is 1. The van der Waals surface area contributed by atoms with E-state index >= 15 is 0 Å². The first-order valence-electron chi connectivity index (χ1n) is 11.1. The summed E-state index contributed by atoms with van der Waals surface area (Å²) in [5, 5.41) is 2.39. The summed E-state index contributed by atoms with van der Waals surface area (Å²) in [6, 6.07) is 35.5. The third-order valence-corrected chi connectivity index (χ3v) is 6.13. The van der Waals surface area contributed by atoms with E-state index < -0.39 is 0 Å². The smallest absolute Gasteiger partial charge is 0.123 e. The third-order valence-electron chi connectivity index (χ3n) is 6.13. The fourth-order valence-electron chi connectivity index (χ4n) is 4.46. The van der Waals surface area contributed by atoms with E-state index in [9.17, 15) is 8.78 Å². The number of fused-ring (bicyclic) bond motifs is 3. The Hall–Kier alpha value is -4.44. The largest absolute Gasteiger partial charge is 0.355 e. The predicted molar refractivity (Wildman–Crippen MR) is 136 cm³/mol. The van der Waals surface area contributed by atoms with Gasteiger partial charge in [0.1, 0.15) is 11.6 Å². The van der Waals surface area contributed by atoms with E-state index in [1.54, 1.807) is 24.3 Å². The predicted octanol–water partition coefficient (Wildman–Crippen LogP) is 8.74. The number of halogens is 2. The molecule has 1 N–H and O–H groups in total. The molecule has 0 aliphatic carbocycles. The molecule has 0 radical (unpaired) electrons. The van der Waals surface area contributed by atoms with Crippen LogP contribution in [0.2, 0.25) is 0 Å². The number of aromatic amines is 1. The number of benzene rings is 5. The van der Waals surface area contributed by atoms with E-state index in [1.807, 2.05) is 23.1 Å². The zero-order chi connectivity index (χ0) is 23.1. The van der Waals surface area contributed by atoms with Crippen molar-refractivity contribution in [2.75, 3.05) is 4.90 Å². The van der Waals surface area contributed by atoms with E-state index in [-0.39, 0.29) is 11.6 Å². The molecule has 0 spiro atoms. The molecular formula is C30H20F2N2. The van der Waals surface area contributed by atoms with Crippen LogP contribution < -0.4 is 4.90 Å². The molecule has 164 valence electrons. The molecular weight excluding hydrogens is 426 g/mol. The van der Waals surface area contributed by atoms with Crippen LogP contribution in [0.5, 0.6) is 0 Å². The highest BCUT2D eigenvalue weighted by Gasteiger charge is 2.13. The van der Waals surface area contributed by atoms with Gasteiger partial charge in [-0.25, -0.2) is 8.78 Å². The third kappa shape index (κ3) is 3.59. The van der Waals surface area contributed by atoms with Crippen molar-refractivity contribution in [1.29, 1.82) is 0 Å². The van der Waals surface area contributed by atoms with Crippen LogP contribution in [-0.4, -0.2) is 4.98 Å². The molecule has 0 saturated heterocycles. The minimum absolute atomic E-state index is 0.300. The van der Waals surface area contributed by atoms with Crippen LogP contribution in [0.25, 0.3) is 32.9 Å². The minimum atomic E-state index is -0.300. The summed E-state index contributed by atoms with van der Waals surface area (Å²) in [5.41, 5.74) is 6.93. The Balaban J connectivity index is 1.41. The van der Waals surface area contributed by atoms with Gasteiger partial charge in [0, 0.05) is 38.9 Å². The molecule has 0 unspecified atom stereocenters. The van der Waals surface area contributed by atoms with E-state index in [4.69, 9.17) is 0 Å². The van der Waals surface area contributed by atoms with E-state index in [0.29, 0.717) is 0 Å². The van der Waals surface area contributed by atoms with Crippen LogP contribution in [0.1, 0.15) is 0 Å². The maximum Gasteiger partial charge on any atom is 0.123 e. The molecule has 6 aromatic rings. The van der Waals surface area contributed by atoms with Crippen molar-refractivity contribution in [1.82, 2.24) is 4.98 Å². The zero-order valence-electron chi connectivity index (χ0n) is 18.2. The second-order valence-electron chi connectivity index (χ2n) is 8.27. The molecule has 1 heterocycles. The van der Waals surface area contributed by atoms with Gasteiger partial charge in [-0.1, -0.05) is 36.4 Å². The molecule has 0 atom stereocenters. The summed E-state index contributed by atoms with van der Waals surface area (Å²) in [4.78, 5) is 5.44. The number of aromatic nitrogens is 1.